The molecule has 1 aromatic carbocycles. The van der Waals surface area contributed by atoms with Gasteiger partial charge in [-0.1, -0.05) is 20.8 Å². The number of hydrogen-bond donors (Lipinski definition) is 1. The molecule has 7 heteroatoms. The van der Waals surface area contributed by atoms with Gasteiger partial charge < -0.3 is 23.9 Å². The fourth-order valence-corrected chi connectivity index (χ4v) is 2.91. The smallest absolute Gasteiger partial charge is 0.254 e. The molecule has 2 heterocycles. The Kier molecular flexibility index (Phi) is 5.41. The minimum absolute atomic E-state index is 0.0116. The summed E-state index contributed by atoms with van der Waals surface area (Å²) in [6, 6.07) is 4.56. The summed E-state index contributed by atoms with van der Waals surface area (Å²) in [5, 5.41) is 9.94. The van der Waals surface area contributed by atoms with Gasteiger partial charge in [-0.05, 0) is 12.1 Å². The van der Waals surface area contributed by atoms with Crippen LogP contribution in [-0.2, 0) is 23.1 Å². The molecule has 0 saturated carbocycles. The van der Waals surface area contributed by atoms with E-state index in [1.54, 1.807) is 18.1 Å². The van der Waals surface area contributed by atoms with Crippen LogP contribution in [0, 0.1) is 0 Å². The number of carbonyl (C=O) groups is 1. The van der Waals surface area contributed by atoms with Crippen LogP contribution in [0.3, 0.4) is 0 Å². The lowest BCUT2D eigenvalue weighted by Crippen LogP contribution is -2.35. The van der Waals surface area contributed by atoms with Crippen LogP contribution >= 0.6 is 0 Å². The van der Waals surface area contributed by atoms with Gasteiger partial charge in [-0.25, -0.2) is 4.98 Å². The highest BCUT2D eigenvalue weighted by atomic mass is 16.5. The van der Waals surface area contributed by atoms with Crippen molar-refractivity contribution in [3.05, 3.63) is 41.1 Å². The molecule has 1 aliphatic heterocycles. The van der Waals surface area contributed by atoms with Crippen LogP contribution in [0.1, 0.15) is 48.5 Å². The van der Waals surface area contributed by atoms with Crippen molar-refractivity contribution in [2.45, 2.75) is 39.2 Å². The molecule has 0 saturated heterocycles. The zero-order chi connectivity index (χ0) is 19.6. The van der Waals surface area contributed by atoms with E-state index >= 15 is 0 Å². The predicted octanol–water partition coefficient (Wildman–Crippen LogP) is 2.90. The summed E-state index contributed by atoms with van der Waals surface area (Å²) in [4.78, 5) is 19.2. The number of phenols is 1. The predicted molar refractivity (Wildman–Crippen MR) is 99.1 cm³/mol. The third-order valence-corrected chi connectivity index (χ3v) is 4.35. The number of nitrogens with zero attached hydrogens (tertiary/aromatic N) is 2. The van der Waals surface area contributed by atoms with Crippen LogP contribution in [0.15, 0.2) is 22.6 Å². The summed E-state index contributed by atoms with van der Waals surface area (Å²) in [6.45, 7) is 7.84. The number of rotatable bonds is 5. The van der Waals surface area contributed by atoms with E-state index in [0.717, 1.165) is 11.5 Å². The van der Waals surface area contributed by atoms with Gasteiger partial charge in [0.25, 0.3) is 5.91 Å². The first-order valence-electron chi connectivity index (χ1n) is 9.02. The van der Waals surface area contributed by atoms with E-state index in [9.17, 15) is 9.90 Å². The molecule has 7 nitrogen and oxygen atoms in total. The normalized spacial score (nSPS) is 14.1. The molecule has 1 aromatic heterocycles. The van der Waals surface area contributed by atoms with Crippen molar-refractivity contribution in [1.29, 1.82) is 0 Å². The Labute approximate surface area is 158 Å². The number of phenolic OH excluding ortho intramolecular Hbond substituents is 1. The second kappa shape index (κ2) is 7.60. The molecule has 0 radical (unpaired) electrons. The molecule has 0 atom stereocenters. The van der Waals surface area contributed by atoms with E-state index in [1.165, 1.54) is 12.1 Å². The number of oxazole rings is 1. The van der Waals surface area contributed by atoms with Gasteiger partial charge in [0.05, 0.1) is 13.2 Å². The Morgan fingerprint density at radius 3 is 2.78 bits per heavy atom. The first-order chi connectivity index (χ1) is 12.8. The number of aromatic nitrogens is 1. The van der Waals surface area contributed by atoms with Crippen molar-refractivity contribution in [3.63, 3.8) is 0 Å². The SMILES string of the molecule is COCCOc1cc(O)cc(C(=O)N2CCc3oc(C(C)(C)C)nc3C2)c1. The second-order valence-corrected chi connectivity index (χ2v) is 7.67. The molecule has 1 amide bonds. The van der Waals surface area contributed by atoms with E-state index in [4.69, 9.17) is 13.9 Å². The maximum atomic E-state index is 12.9. The van der Waals surface area contributed by atoms with Crippen LogP contribution in [-0.4, -0.2) is 47.8 Å². The molecular formula is C20H26N2O5. The highest BCUT2D eigenvalue weighted by Gasteiger charge is 2.29. The molecule has 0 bridgehead atoms. The number of methoxy groups -OCH3 is 1. The lowest BCUT2D eigenvalue weighted by atomic mass is 9.97. The van der Waals surface area contributed by atoms with E-state index in [0.29, 0.717) is 49.9 Å². The summed E-state index contributed by atoms with van der Waals surface area (Å²) in [6.07, 6.45) is 0.625. The van der Waals surface area contributed by atoms with Crippen molar-refractivity contribution < 1.29 is 23.8 Å². The van der Waals surface area contributed by atoms with Crippen LogP contribution in [0.25, 0.3) is 0 Å². The van der Waals surface area contributed by atoms with E-state index in [2.05, 4.69) is 4.98 Å². The Hall–Kier alpha value is -2.54. The molecule has 146 valence electrons. The minimum atomic E-state index is -0.175. The standard InChI is InChI=1S/C20H26N2O5/c1-20(2,3)19-21-16-12-22(6-5-17(16)27-19)18(24)13-9-14(23)11-15(10-13)26-8-7-25-4/h9-11,23H,5-8,12H2,1-4H3. The highest BCUT2D eigenvalue weighted by Crippen LogP contribution is 2.29. The fourth-order valence-electron chi connectivity index (χ4n) is 2.91. The fraction of sp³-hybridized carbons (Fsp3) is 0.500. The lowest BCUT2D eigenvalue weighted by molar-refractivity contribution is 0.0726. The number of amides is 1. The lowest BCUT2D eigenvalue weighted by Gasteiger charge is -2.25. The van der Waals surface area contributed by atoms with Crippen molar-refractivity contribution in [2.75, 3.05) is 26.9 Å². The van der Waals surface area contributed by atoms with Gasteiger partial charge in [-0.15, -0.1) is 0 Å². The summed E-state index contributed by atoms with van der Waals surface area (Å²) in [7, 11) is 1.58. The van der Waals surface area contributed by atoms with Crippen molar-refractivity contribution >= 4 is 5.91 Å². The molecule has 27 heavy (non-hydrogen) atoms. The summed E-state index contributed by atoms with van der Waals surface area (Å²) in [5.74, 6) is 1.79. The van der Waals surface area contributed by atoms with Gasteiger partial charge in [-0.2, -0.15) is 0 Å². The number of fused-ring (bicyclic) bond motifs is 1. The van der Waals surface area contributed by atoms with Crippen LogP contribution in [0.4, 0.5) is 0 Å². The molecule has 2 aromatic rings. The zero-order valence-electron chi connectivity index (χ0n) is 16.2. The van der Waals surface area contributed by atoms with Gasteiger partial charge in [0, 0.05) is 37.1 Å². The quantitative estimate of drug-likeness (QED) is 0.810. The molecule has 3 rings (SSSR count). The molecule has 1 aliphatic rings. The van der Waals surface area contributed by atoms with Crippen molar-refractivity contribution in [3.8, 4) is 11.5 Å². The number of aromatic hydroxyl groups is 1. The first-order valence-corrected chi connectivity index (χ1v) is 9.02. The Bertz CT molecular complexity index is 822. The summed E-state index contributed by atoms with van der Waals surface area (Å²) in [5.41, 5.74) is 1.01. The average Bonchev–Trinajstić information content (AvgIpc) is 3.04. The number of ether oxygens (including phenoxy) is 2. The minimum Gasteiger partial charge on any atom is -0.508 e. The third kappa shape index (κ3) is 4.42. The average molecular weight is 374 g/mol. The van der Waals surface area contributed by atoms with Crippen LogP contribution in [0.2, 0.25) is 0 Å². The van der Waals surface area contributed by atoms with Gasteiger partial charge in [0.2, 0.25) is 0 Å². The van der Waals surface area contributed by atoms with Crippen molar-refractivity contribution in [1.82, 2.24) is 9.88 Å². The number of carbonyl (C=O) groups excluding carboxylic acids is 1. The summed E-state index contributed by atoms with van der Waals surface area (Å²) >= 11 is 0. The Morgan fingerprint density at radius 2 is 2.07 bits per heavy atom. The third-order valence-electron chi connectivity index (χ3n) is 4.35. The first kappa shape index (κ1) is 19.2. The topological polar surface area (TPSA) is 85.0 Å². The molecule has 0 spiro atoms. The molecular weight excluding hydrogens is 348 g/mol. The van der Waals surface area contributed by atoms with Gasteiger partial charge >= 0.3 is 0 Å². The van der Waals surface area contributed by atoms with Gasteiger partial charge in [-0.3, -0.25) is 4.79 Å². The van der Waals surface area contributed by atoms with Crippen LogP contribution in [0.5, 0.6) is 11.5 Å². The monoisotopic (exact) mass is 374 g/mol. The van der Waals surface area contributed by atoms with Gasteiger partial charge in [0.15, 0.2) is 5.89 Å². The number of benzene rings is 1. The molecule has 1 N–H and O–H groups in total. The van der Waals surface area contributed by atoms with Gasteiger partial charge in [0.1, 0.15) is 29.6 Å². The van der Waals surface area contributed by atoms with E-state index in [1.807, 2.05) is 20.8 Å². The van der Waals surface area contributed by atoms with E-state index < -0.39 is 0 Å². The second-order valence-electron chi connectivity index (χ2n) is 7.67. The molecule has 0 aliphatic carbocycles. The van der Waals surface area contributed by atoms with E-state index in [-0.39, 0.29) is 17.1 Å². The zero-order valence-corrected chi connectivity index (χ0v) is 16.2. The maximum absolute atomic E-state index is 12.9. The van der Waals surface area contributed by atoms with Crippen molar-refractivity contribution in [2.24, 2.45) is 0 Å². The number of hydrogen-bond acceptors (Lipinski definition) is 6. The molecule has 0 fully saturated rings. The Balaban J connectivity index is 1.76. The van der Waals surface area contributed by atoms with Crippen LogP contribution < -0.4 is 4.74 Å². The largest absolute Gasteiger partial charge is 0.508 e. The summed E-state index contributed by atoms with van der Waals surface area (Å²) < 4.78 is 16.3. The molecule has 0 unspecified atom stereocenters. The maximum Gasteiger partial charge on any atom is 0.254 e. The Morgan fingerprint density at radius 1 is 1.30 bits per heavy atom. The highest BCUT2D eigenvalue weighted by molar-refractivity contribution is 5.95.